The minimum absolute atomic E-state index is 0.0410. The molecule has 5 heteroatoms. The van der Waals surface area contributed by atoms with Gasteiger partial charge >= 0.3 is 0 Å². The summed E-state index contributed by atoms with van der Waals surface area (Å²) in [6, 6.07) is 10.6. The van der Waals surface area contributed by atoms with Gasteiger partial charge < -0.3 is 5.11 Å². The second-order valence-corrected chi connectivity index (χ2v) is 4.83. The molecule has 1 aromatic heterocycles. The molecule has 0 unspecified atom stereocenters. The van der Waals surface area contributed by atoms with E-state index in [1.165, 1.54) is 10.2 Å². The van der Waals surface area contributed by atoms with Crippen molar-refractivity contribution in [2.45, 2.75) is 32.6 Å². The molecule has 0 radical (unpaired) electrons. The van der Waals surface area contributed by atoms with Crippen molar-refractivity contribution >= 4 is 0 Å². The third-order valence-corrected chi connectivity index (χ3v) is 3.23. The summed E-state index contributed by atoms with van der Waals surface area (Å²) in [5.41, 5.74) is 1.62. The number of nitrogens with zero attached hydrogens (tertiary/aromatic N) is 3. The lowest BCUT2D eigenvalue weighted by Gasteiger charge is -2.08. The number of unbranched alkanes of at least 4 members (excludes halogenated alkanes) is 1. The van der Waals surface area contributed by atoms with Crippen molar-refractivity contribution in [3.05, 3.63) is 51.9 Å². The zero-order valence-corrected chi connectivity index (χ0v) is 11.9. The van der Waals surface area contributed by atoms with Crippen LogP contribution in [-0.2, 0) is 12.8 Å². The maximum atomic E-state index is 11.9. The summed E-state index contributed by atoms with van der Waals surface area (Å²) in [6.07, 6.45) is 3.23. The van der Waals surface area contributed by atoms with Crippen molar-refractivity contribution in [1.29, 1.82) is 5.26 Å². The first-order chi connectivity index (χ1) is 10.2. The van der Waals surface area contributed by atoms with Gasteiger partial charge in [-0.1, -0.05) is 25.5 Å². The number of hydrogen-bond acceptors (Lipinski definition) is 4. The van der Waals surface area contributed by atoms with Crippen LogP contribution in [0.1, 0.15) is 31.0 Å². The Balaban J connectivity index is 2.35. The highest BCUT2D eigenvalue weighted by molar-refractivity contribution is 5.36. The Kier molecular flexibility index (Phi) is 4.72. The monoisotopic (exact) mass is 283 g/mol. The molecule has 1 aromatic carbocycles. The molecule has 2 rings (SSSR count). The van der Waals surface area contributed by atoms with Gasteiger partial charge in [-0.05, 0) is 30.5 Å². The molecule has 1 heterocycles. The topological polar surface area (TPSA) is 78.9 Å². The second-order valence-electron chi connectivity index (χ2n) is 4.83. The first-order valence-corrected chi connectivity index (χ1v) is 6.94. The van der Waals surface area contributed by atoms with Gasteiger partial charge in [0.1, 0.15) is 11.4 Å². The number of aromatic hydroxyl groups is 1. The molecule has 0 fully saturated rings. The summed E-state index contributed by atoms with van der Waals surface area (Å²) < 4.78 is 1.20. The molecule has 1 N–H and O–H groups in total. The van der Waals surface area contributed by atoms with Gasteiger partial charge in [-0.25, -0.2) is 0 Å². The Bertz CT molecular complexity index is 712. The normalized spacial score (nSPS) is 10.3. The summed E-state index contributed by atoms with van der Waals surface area (Å²) in [5.74, 6) is -0.239. The zero-order valence-electron chi connectivity index (χ0n) is 11.9. The fourth-order valence-electron chi connectivity index (χ4n) is 2.05. The largest absolute Gasteiger partial charge is 0.506 e. The molecule has 0 aliphatic heterocycles. The van der Waals surface area contributed by atoms with E-state index in [0.29, 0.717) is 5.69 Å². The number of benzene rings is 1. The second kappa shape index (κ2) is 6.71. The Morgan fingerprint density at radius 1 is 1.33 bits per heavy atom. The predicted molar refractivity (Wildman–Crippen MR) is 79.4 cm³/mol. The third kappa shape index (κ3) is 3.48. The third-order valence-electron chi connectivity index (χ3n) is 3.23. The molecule has 0 saturated carbocycles. The molecule has 0 saturated heterocycles. The standard InChI is InChI=1S/C16H17N3O2/c1-2-3-4-12-5-7-13(8-6-12)19-16(21)11-15(20)14(18-19)9-10-17/h5-8,11,20H,2-4,9H2,1H3. The van der Waals surface area contributed by atoms with Crippen LogP contribution in [0.5, 0.6) is 5.75 Å². The molecule has 108 valence electrons. The van der Waals surface area contributed by atoms with Crippen molar-refractivity contribution in [3.8, 4) is 17.5 Å². The highest BCUT2D eigenvalue weighted by Gasteiger charge is 2.09. The SMILES string of the molecule is CCCCc1ccc(-n2nc(CC#N)c(O)cc2=O)cc1. The van der Waals surface area contributed by atoms with Crippen molar-refractivity contribution in [2.75, 3.05) is 0 Å². The Morgan fingerprint density at radius 2 is 2.05 bits per heavy atom. The molecule has 0 atom stereocenters. The summed E-state index contributed by atoms with van der Waals surface area (Å²) >= 11 is 0. The summed E-state index contributed by atoms with van der Waals surface area (Å²) in [6.45, 7) is 2.14. The Labute approximate surface area is 123 Å². The lowest BCUT2D eigenvalue weighted by atomic mass is 10.1. The van der Waals surface area contributed by atoms with Gasteiger partial charge in [-0.3, -0.25) is 4.79 Å². The van der Waals surface area contributed by atoms with E-state index in [2.05, 4.69) is 12.0 Å². The lowest BCUT2D eigenvalue weighted by molar-refractivity contribution is 0.459. The molecule has 2 aromatic rings. The van der Waals surface area contributed by atoms with E-state index in [-0.39, 0.29) is 17.9 Å². The zero-order chi connectivity index (χ0) is 15.2. The van der Waals surface area contributed by atoms with Gasteiger partial charge in [0.2, 0.25) is 0 Å². The number of nitriles is 1. The van der Waals surface area contributed by atoms with Crippen molar-refractivity contribution in [2.24, 2.45) is 0 Å². The van der Waals surface area contributed by atoms with E-state index in [1.54, 1.807) is 0 Å². The number of aromatic nitrogens is 2. The fourth-order valence-corrected chi connectivity index (χ4v) is 2.05. The summed E-state index contributed by atoms with van der Waals surface area (Å²) in [7, 11) is 0. The van der Waals surface area contributed by atoms with Crippen molar-refractivity contribution < 1.29 is 5.11 Å². The molecule has 0 spiro atoms. The van der Waals surface area contributed by atoms with Gasteiger partial charge in [0.25, 0.3) is 5.56 Å². The smallest absolute Gasteiger partial charge is 0.275 e. The summed E-state index contributed by atoms with van der Waals surface area (Å²) in [4.78, 5) is 11.9. The van der Waals surface area contributed by atoms with Gasteiger partial charge in [0, 0.05) is 6.07 Å². The minimum Gasteiger partial charge on any atom is -0.506 e. The van der Waals surface area contributed by atoms with E-state index in [4.69, 9.17) is 5.26 Å². The van der Waals surface area contributed by atoms with Crippen LogP contribution in [0.3, 0.4) is 0 Å². The number of aryl methyl sites for hydroxylation is 1. The van der Waals surface area contributed by atoms with E-state index in [9.17, 15) is 9.90 Å². The van der Waals surface area contributed by atoms with Crippen molar-refractivity contribution in [1.82, 2.24) is 9.78 Å². The van der Waals surface area contributed by atoms with Gasteiger partial charge in [0.05, 0.1) is 18.2 Å². The Hall–Kier alpha value is -2.61. The molecule has 21 heavy (non-hydrogen) atoms. The van der Waals surface area contributed by atoms with E-state index in [1.807, 2.05) is 30.3 Å². The van der Waals surface area contributed by atoms with E-state index < -0.39 is 5.56 Å². The molecule has 5 nitrogen and oxygen atoms in total. The first kappa shape index (κ1) is 14.8. The van der Waals surface area contributed by atoms with Crippen LogP contribution in [0.15, 0.2) is 35.1 Å². The van der Waals surface area contributed by atoms with Crippen LogP contribution >= 0.6 is 0 Å². The Morgan fingerprint density at radius 3 is 2.67 bits per heavy atom. The van der Waals surface area contributed by atoms with E-state index >= 15 is 0 Å². The highest BCUT2D eigenvalue weighted by Crippen LogP contribution is 2.14. The van der Waals surface area contributed by atoms with Gasteiger partial charge in [0.15, 0.2) is 0 Å². The predicted octanol–water partition coefficient (Wildman–Crippen LogP) is 2.35. The molecular weight excluding hydrogens is 266 g/mol. The molecule has 0 aliphatic rings. The lowest BCUT2D eigenvalue weighted by Crippen LogP contribution is -2.21. The molecular formula is C16H17N3O2. The average Bonchev–Trinajstić information content (AvgIpc) is 2.49. The quantitative estimate of drug-likeness (QED) is 0.913. The van der Waals surface area contributed by atoms with Crippen LogP contribution in [0.4, 0.5) is 0 Å². The van der Waals surface area contributed by atoms with Gasteiger partial charge in [-0.2, -0.15) is 15.0 Å². The molecule has 0 bridgehead atoms. The minimum atomic E-state index is -0.421. The molecule has 0 amide bonds. The number of rotatable bonds is 5. The maximum Gasteiger partial charge on any atom is 0.275 e. The number of hydrogen-bond donors (Lipinski definition) is 1. The first-order valence-electron chi connectivity index (χ1n) is 6.94. The maximum absolute atomic E-state index is 11.9. The summed E-state index contributed by atoms with van der Waals surface area (Å²) in [5, 5.41) is 22.4. The van der Waals surface area contributed by atoms with Crippen LogP contribution < -0.4 is 5.56 Å². The van der Waals surface area contributed by atoms with E-state index in [0.717, 1.165) is 25.3 Å². The van der Waals surface area contributed by atoms with Crippen LogP contribution in [0.2, 0.25) is 0 Å². The highest BCUT2D eigenvalue weighted by atomic mass is 16.3. The average molecular weight is 283 g/mol. The van der Waals surface area contributed by atoms with Gasteiger partial charge in [-0.15, -0.1) is 0 Å². The van der Waals surface area contributed by atoms with Crippen molar-refractivity contribution in [3.63, 3.8) is 0 Å². The van der Waals surface area contributed by atoms with Crippen LogP contribution in [-0.4, -0.2) is 14.9 Å². The van der Waals surface area contributed by atoms with Crippen LogP contribution in [0.25, 0.3) is 5.69 Å². The van der Waals surface area contributed by atoms with Crippen LogP contribution in [0, 0.1) is 11.3 Å². The molecule has 0 aliphatic carbocycles. The fraction of sp³-hybridized carbons (Fsp3) is 0.312.